The summed E-state index contributed by atoms with van der Waals surface area (Å²) in [4.78, 5) is 10.1. The van der Waals surface area contributed by atoms with Crippen molar-refractivity contribution in [3.8, 4) is 17.1 Å². The van der Waals surface area contributed by atoms with Crippen LogP contribution in [0.3, 0.4) is 0 Å². The molecule has 0 unspecified atom stereocenters. The van der Waals surface area contributed by atoms with Crippen LogP contribution in [-0.4, -0.2) is 14.5 Å². The van der Waals surface area contributed by atoms with E-state index >= 15 is 0 Å². The molecule has 0 atom stereocenters. The molecular weight excluding hydrogens is 442 g/mol. The highest BCUT2D eigenvalue weighted by molar-refractivity contribution is 6.10. The molecule has 3 aromatic heterocycles. The van der Waals surface area contributed by atoms with Crippen LogP contribution in [0, 0.1) is 0 Å². The molecule has 4 heteroatoms. The Labute approximate surface area is 208 Å². The number of hydrogen-bond donors (Lipinski definition) is 0. The first-order valence-electron chi connectivity index (χ1n) is 12.3. The summed E-state index contributed by atoms with van der Waals surface area (Å²) in [6.07, 6.45) is 0. The summed E-state index contributed by atoms with van der Waals surface area (Å²) in [5.74, 6) is 0.679. The van der Waals surface area contributed by atoms with Crippen molar-refractivity contribution >= 4 is 43.9 Å². The lowest BCUT2D eigenvalue weighted by atomic mass is 9.89. The Hall–Kier alpha value is -4.44. The van der Waals surface area contributed by atoms with Gasteiger partial charge in [-0.1, -0.05) is 87.5 Å². The third-order valence-electron chi connectivity index (χ3n) is 6.90. The first-order valence-corrected chi connectivity index (χ1v) is 12.3. The van der Waals surface area contributed by atoms with Gasteiger partial charge in [-0.3, -0.25) is 0 Å². The molecule has 3 heterocycles. The Morgan fingerprint density at radius 1 is 0.667 bits per heavy atom. The smallest absolute Gasteiger partial charge is 0.231 e. The lowest BCUT2D eigenvalue weighted by Gasteiger charge is -2.19. The molecule has 7 aromatic rings. The fourth-order valence-electron chi connectivity index (χ4n) is 5.26. The normalized spacial score (nSPS) is 12.3. The molecule has 7 rings (SSSR count). The minimum atomic E-state index is -0.175. The van der Waals surface area contributed by atoms with Crippen LogP contribution in [0.4, 0.5) is 0 Å². The third kappa shape index (κ3) is 3.07. The van der Waals surface area contributed by atoms with Gasteiger partial charge in [0.25, 0.3) is 0 Å². The fourth-order valence-corrected chi connectivity index (χ4v) is 5.26. The molecule has 36 heavy (non-hydrogen) atoms. The van der Waals surface area contributed by atoms with Gasteiger partial charge in [0.1, 0.15) is 5.58 Å². The summed E-state index contributed by atoms with van der Waals surface area (Å²) in [7, 11) is 0. The topological polar surface area (TPSA) is 43.9 Å². The highest BCUT2D eigenvalue weighted by Gasteiger charge is 2.25. The van der Waals surface area contributed by atoms with Crippen LogP contribution in [0.15, 0.2) is 101 Å². The minimum Gasteiger partial charge on any atom is -0.438 e. The number of fused-ring (bicyclic) bond motifs is 6. The van der Waals surface area contributed by atoms with Crippen LogP contribution in [-0.2, 0) is 5.41 Å². The van der Waals surface area contributed by atoms with Crippen molar-refractivity contribution in [2.45, 2.75) is 26.2 Å². The molecule has 0 fully saturated rings. The molecule has 0 saturated heterocycles. The number of furan rings is 1. The average Bonchev–Trinajstić information content (AvgIpc) is 3.43. The Morgan fingerprint density at radius 2 is 1.36 bits per heavy atom. The second kappa shape index (κ2) is 7.53. The van der Waals surface area contributed by atoms with Crippen LogP contribution >= 0.6 is 0 Å². The zero-order chi connectivity index (χ0) is 24.4. The van der Waals surface area contributed by atoms with E-state index in [0.717, 1.165) is 38.8 Å². The van der Waals surface area contributed by atoms with Crippen LogP contribution in [0.25, 0.3) is 61.0 Å². The Balaban J connectivity index is 1.54. The zero-order valence-corrected chi connectivity index (χ0v) is 20.5. The minimum absolute atomic E-state index is 0.175. The van der Waals surface area contributed by atoms with Crippen LogP contribution in [0.5, 0.6) is 0 Å². The molecular formula is C32H25N3O. The average molecular weight is 468 g/mol. The van der Waals surface area contributed by atoms with Gasteiger partial charge in [-0.15, -0.1) is 0 Å². The van der Waals surface area contributed by atoms with E-state index < -0.39 is 0 Å². The van der Waals surface area contributed by atoms with E-state index in [4.69, 9.17) is 14.4 Å². The number of hydrogen-bond acceptors (Lipinski definition) is 3. The zero-order valence-electron chi connectivity index (χ0n) is 20.5. The summed E-state index contributed by atoms with van der Waals surface area (Å²) >= 11 is 0. The van der Waals surface area contributed by atoms with Crippen molar-refractivity contribution in [2.75, 3.05) is 0 Å². The number of benzene rings is 4. The van der Waals surface area contributed by atoms with Gasteiger partial charge in [0, 0.05) is 32.8 Å². The molecule has 174 valence electrons. The molecule has 0 radical (unpaired) electrons. The second-order valence-electron chi connectivity index (χ2n) is 10.3. The van der Waals surface area contributed by atoms with E-state index in [0.29, 0.717) is 11.5 Å². The van der Waals surface area contributed by atoms with Gasteiger partial charge in [-0.05, 0) is 30.3 Å². The quantitative estimate of drug-likeness (QED) is 0.256. The lowest BCUT2D eigenvalue weighted by molar-refractivity contribution is 0.572. The van der Waals surface area contributed by atoms with Crippen molar-refractivity contribution in [2.24, 2.45) is 0 Å². The predicted molar refractivity (Wildman–Crippen MR) is 148 cm³/mol. The molecule has 4 aromatic carbocycles. The molecule has 0 aliphatic rings. The molecule has 0 N–H and O–H groups in total. The van der Waals surface area contributed by atoms with Crippen molar-refractivity contribution in [3.05, 3.63) is 103 Å². The van der Waals surface area contributed by atoms with Gasteiger partial charge in [-0.2, -0.15) is 4.98 Å². The summed E-state index contributed by atoms with van der Waals surface area (Å²) in [5.41, 5.74) is 6.70. The molecule has 0 bridgehead atoms. The summed E-state index contributed by atoms with van der Waals surface area (Å²) in [5, 5.41) is 4.50. The highest BCUT2D eigenvalue weighted by Crippen LogP contribution is 2.38. The Kier molecular flexibility index (Phi) is 4.37. The molecule has 0 spiro atoms. The Morgan fingerprint density at radius 3 is 2.17 bits per heavy atom. The van der Waals surface area contributed by atoms with E-state index in [9.17, 15) is 0 Å². The number of rotatable bonds is 2. The largest absolute Gasteiger partial charge is 0.438 e. The van der Waals surface area contributed by atoms with E-state index in [1.165, 1.54) is 16.3 Å². The van der Waals surface area contributed by atoms with Gasteiger partial charge < -0.3 is 8.98 Å². The first-order chi connectivity index (χ1) is 17.5. The molecule has 0 aliphatic heterocycles. The van der Waals surface area contributed by atoms with Crippen molar-refractivity contribution in [1.29, 1.82) is 0 Å². The van der Waals surface area contributed by atoms with Crippen LogP contribution < -0.4 is 0 Å². The van der Waals surface area contributed by atoms with Crippen LogP contribution in [0.1, 0.15) is 26.5 Å². The Bertz CT molecular complexity index is 1920. The van der Waals surface area contributed by atoms with Gasteiger partial charge in [0.2, 0.25) is 5.71 Å². The number of aromatic nitrogens is 3. The summed E-state index contributed by atoms with van der Waals surface area (Å²) in [6, 6.07) is 33.7. The molecule has 0 saturated carbocycles. The molecule has 4 nitrogen and oxygen atoms in total. The monoisotopic (exact) mass is 467 g/mol. The van der Waals surface area contributed by atoms with Crippen molar-refractivity contribution < 1.29 is 4.42 Å². The highest BCUT2D eigenvalue weighted by atomic mass is 16.3. The van der Waals surface area contributed by atoms with Gasteiger partial charge in [-0.25, -0.2) is 4.98 Å². The number of para-hydroxylation sites is 3. The maximum Gasteiger partial charge on any atom is 0.231 e. The molecule has 0 amide bonds. The molecule has 0 aliphatic carbocycles. The summed E-state index contributed by atoms with van der Waals surface area (Å²) < 4.78 is 8.54. The maximum absolute atomic E-state index is 6.22. The SMILES string of the molecule is CC(C)(C)c1nc(-c2ccc3c4ccccc4n(-c4ccccc4)c3c2)nc2oc3ccccc3c12. The van der Waals surface area contributed by atoms with Gasteiger partial charge in [0.15, 0.2) is 5.82 Å². The third-order valence-corrected chi connectivity index (χ3v) is 6.90. The first kappa shape index (κ1) is 20.9. The number of nitrogens with zero attached hydrogens (tertiary/aromatic N) is 3. The maximum atomic E-state index is 6.22. The summed E-state index contributed by atoms with van der Waals surface area (Å²) in [6.45, 7) is 6.57. The van der Waals surface area contributed by atoms with Crippen molar-refractivity contribution in [3.63, 3.8) is 0 Å². The van der Waals surface area contributed by atoms with E-state index in [-0.39, 0.29) is 5.41 Å². The van der Waals surface area contributed by atoms with Gasteiger partial charge in [0.05, 0.1) is 22.1 Å². The van der Waals surface area contributed by atoms with E-state index in [1.807, 2.05) is 24.3 Å². The van der Waals surface area contributed by atoms with E-state index in [1.54, 1.807) is 0 Å². The van der Waals surface area contributed by atoms with Crippen molar-refractivity contribution in [1.82, 2.24) is 14.5 Å². The van der Waals surface area contributed by atoms with E-state index in [2.05, 4.69) is 98.1 Å². The second-order valence-corrected chi connectivity index (χ2v) is 10.3. The fraction of sp³-hybridized carbons (Fsp3) is 0.125. The predicted octanol–water partition coefficient (Wildman–Crippen LogP) is 8.44. The lowest BCUT2D eigenvalue weighted by Crippen LogP contribution is -2.15. The van der Waals surface area contributed by atoms with Crippen LogP contribution in [0.2, 0.25) is 0 Å². The van der Waals surface area contributed by atoms with Gasteiger partial charge >= 0.3 is 0 Å². The standard InChI is InChI=1S/C32H25N3O/c1-32(2,3)29-28-24-14-8-10-16-27(24)36-31(28)34-30(33-29)20-17-18-23-22-13-7-9-15-25(22)35(26(23)19-20)21-11-5-4-6-12-21/h4-19H,1-3H3.